The van der Waals surface area contributed by atoms with Crippen molar-refractivity contribution in [2.75, 3.05) is 0 Å². The number of hydrogen-bond acceptors (Lipinski definition) is 1. The van der Waals surface area contributed by atoms with Gasteiger partial charge in [0.15, 0.2) is 5.69 Å². The second-order valence-electron chi connectivity index (χ2n) is 5.87. The number of rotatable bonds is 4. The van der Waals surface area contributed by atoms with Crippen molar-refractivity contribution in [1.29, 1.82) is 0 Å². The highest BCUT2D eigenvalue weighted by atomic mass is 35.5. The van der Waals surface area contributed by atoms with Gasteiger partial charge in [0.05, 0.1) is 10.7 Å². The van der Waals surface area contributed by atoms with Gasteiger partial charge in [0.2, 0.25) is 0 Å². The Balaban J connectivity index is 1.95. The Morgan fingerprint density at radius 1 is 1.00 bits per heavy atom. The lowest BCUT2D eigenvalue weighted by atomic mass is 10.1. The quantitative estimate of drug-likeness (QED) is 0.586. The number of para-hydroxylation sites is 1. The minimum atomic E-state index is -4.49. The average Bonchev–Trinajstić information content (AvgIpc) is 2.99. The molecular formula is C19H16ClF3N2. The first kappa shape index (κ1) is 17.5. The van der Waals surface area contributed by atoms with Gasteiger partial charge in [-0.05, 0) is 43.5 Å². The zero-order valence-electron chi connectivity index (χ0n) is 13.5. The molecule has 0 atom stereocenters. The molecule has 0 N–H and O–H groups in total. The highest BCUT2D eigenvalue weighted by molar-refractivity contribution is 6.32. The molecule has 1 aromatic heterocycles. The molecule has 0 saturated carbocycles. The lowest BCUT2D eigenvalue weighted by Crippen LogP contribution is -2.08. The van der Waals surface area contributed by atoms with Crippen molar-refractivity contribution in [2.24, 2.45) is 0 Å². The summed E-state index contributed by atoms with van der Waals surface area (Å²) < 4.78 is 40.6. The SMILES string of the molecule is Cc1ccc(CCc2cc(C(F)(F)F)nn2-c2ccccc2Cl)cc1. The molecule has 3 rings (SSSR count). The van der Waals surface area contributed by atoms with E-state index in [1.165, 1.54) is 4.68 Å². The van der Waals surface area contributed by atoms with E-state index >= 15 is 0 Å². The van der Waals surface area contributed by atoms with E-state index in [1.54, 1.807) is 24.3 Å². The first-order chi connectivity index (χ1) is 11.8. The molecule has 0 amide bonds. The third kappa shape index (κ3) is 4.04. The van der Waals surface area contributed by atoms with Gasteiger partial charge in [-0.1, -0.05) is 53.6 Å². The molecule has 0 bridgehead atoms. The van der Waals surface area contributed by atoms with Gasteiger partial charge in [0.25, 0.3) is 0 Å². The maximum absolute atomic E-state index is 13.1. The third-order valence-corrected chi connectivity index (χ3v) is 4.26. The van der Waals surface area contributed by atoms with E-state index in [0.717, 1.165) is 17.2 Å². The number of aromatic nitrogens is 2. The van der Waals surface area contributed by atoms with Crippen molar-refractivity contribution < 1.29 is 13.2 Å². The Morgan fingerprint density at radius 2 is 1.68 bits per heavy atom. The maximum atomic E-state index is 13.1. The number of benzene rings is 2. The van der Waals surface area contributed by atoms with Crippen molar-refractivity contribution in [1.82, 2.24) is 9.78 Å². The van der Waals surface area contributed by atoms with E-state index < -0.39 is 11.9 Å². The summed E-state index contributed by atoms with van der Waals surface area (Å²) >= 11 is 6.15. The van der Waals surface area contributed by atoms with Crippen molar-refractivity contribution in [2.45, 2.75) is 25.9 Å². The van der Waals surface area contributed by atoms with E-state index in [9.17, 15) is 13.2 Å². The monoisotopic (exact) mass is 364 g/mol. The summed E-state index contributed by atoms with van der Waals surface area (Å²) in [5, 5.41) is 4.10. The van der Waals surface area contributed by atoms with Crippen LogP contribution in [0.4, 0.5) is 13.2 Å². The van der Waals surface area contributed by atoms with Crippen LogP contribution in [0.15, 0.2) is 54.6 Å². The summed E-state index contributed by atoms with van der Waals surface area (Å²) in [6.07, 6.45) is -3.45. The molecule has 25 heavy (non-hydrogen) atoms. The topological polar surface area (TPSA) is 17.8 Å². The number of nitrogens with zero attached hydrogens (tertiary/aromatic N) is 2. The fourth-order valence-corrected chi connectivity index (χ4v) is 2.81. The van der Waals surface area contributed by atoms with Crippen LogP contribution in [0, 0.1) is 6.92 Å². The van der Waals surface area contributed by atoms with E-state index in [-0.39, 0.29) is 0 Å². The molecule has 0 fully saturated rings. The van der Waals surface area contributed by atoms with E-state index in [2.05, 4.69) is 5.10 Å². The minimum absolute atomic E-state index is 0.357. The summed E-state index contributed by atoms with van der Waals surface area (Å²) in [7, 11) is 0. The molecule has 0 aliphatic rings. The first-order valence-corrected chi connectivity index (χ1v) is 8.19. The van der Waals surface area contributed by atoms with Crippen LogP contribution in [0.3, 0.4) is 0 Å². The van der Waals surface area contributed by atoms with Gasteiger partial charge in [0.1, 0.15) is 0 Å². The molecule has 130 valence electrons. The van der Waals surface area contributed by atoms with Crippen LogP contribution < -0.4 is 0 Å². The summed E-state index contributed by atoms with van der Waals surface area (Å²) in [6.45, 7) is 1.99. The number of alkyl halides is 3. The smallest absolute Gasteiger partial charge is 0.236 e. The van der Waals surface area contributed by atoms with Crippen LogP contribution in [-0.4, -0.2) is 9.78 Å². The minimum Gasteiger partial charge on any atom is -0.236 e. The fourth-order valence-electron chi connectivity index (χ4n) is 2.60. The van der Waals surface area contributed by atoms with E-state index in [4.69, 9.17) is 11.6 Å². The summed E-state index contributed by atoms with van der Waals surface area (Å²) in [6, 6.07) is 15.8. The number of halogens is 4. The normalized spacial score (nSPS) is 11.7. The molecule has 3 aromatic rings. The Hall–Kier alpha value is -2.27. The van der Waals surface area contributed by atoms with Gasteiger partial charge in [-0.15, -0.1) is 0 Å². The zero-order chi connectivity index (χ0) is 18.0. The van der Waals surface area contributed by atoms with Gasteiger partial charge in [-0.25, -0.2) is 4.68 Å². The van der Waals surface area contributed by atoms with Crippen LogP contribution in [0.1, 0.15) is 22.5 Å². The molecule has 0 spiro atoms. The molecule has 0 unspecified atom stereocenters. The van der Waals surface area contributed by atoms with Crippen molar-refractivity contribution in [3.8, 4) is 5.69 Å². The second-order valence-corrected chi connectivity index (χ2v) is 6.27. The zero-order valence-corrected chi connectivity index (χ0v) is 14.3. The lowest BCUT2D eigenvalue weighted by molar-refractivity contribution is -0.141. The van der Waals surface area contributed by atoms with E-state index in [0.29, 0.717) is 29.2 Å². The molecule has 0 aliphatic heterocycles. The molecule has 1 heterocycles. The third-order valence-electron chi connectivity index (χ3n) is 3.94. The molecular weight excluding hydrogens is 349 g/mol. The Morgan fingerprint density at radius 3 is 2.32 bits per heavy atom. The predicted molar refractivity (Wildman–Crippen MR) is 92.2 cm³/mol. The van der Waals surface area contributed by atoms with Gasteiger partial charge >= 0.3 is 6.18 Å². The first-order valence-electron chi connectivity index (χ1n) is 7.81. The summed E-state index contributed by atoms with van der Waals surface area (Å²) in [4.78, 5) is 0. The highest BCUT2D eigenvalue weighted by Gasteiger charge is 2.35. The standard InChI is InChI=1S/C19H16ClF3N2/c1-13-6-8-14(9-7-13)10-11-15-12-18(19(21,22)23)24-25(15)17-5-3-2-4-16(17)20/h2-9,12H,10-11H2,1H3. The van der Waals surface area contributed by atoms with Crippen LogP contribution in [0.2, 0.25) is 5.02 Å². The van der Waals surface area contributed by atoms with Crippen LogP contribution >= 0.6 is 11.6 Å². The molecule has 6 heteroatoms. The summed E-state index contributed by atoms with van der Waals surface area (Å²) in [5.74, 6) is 0. The largest absolute Gasteiger partial charge is 0.435 e. The molecule has 2 aromatic carbocycles. The molecule has 0 radical (unpaired) electrons. The summed E-state index contributed by atoms with van der Waals surface area (Å²) in [5.41, 5.74) is 2.21. The number of aryl methyl sites for hydroxylation is 3. The fraction of sp³-hybridized carbons (Fsp3) is 0.211. The van der Waals surface area contributed by atoms with Gasteiger partial charge < -0.3 is 0 Å². The lowest BCUT2D eigenvalue weighted by Gasteiger charge is -2.09. The van der Waals surface area contributed by atoms with Crippen molar-refractivity contribution in [3.63, 3.8) is 0 Å². The van der Waals surface area contributed by atoms with Crippen molar-refractivity contribution >= 4 is 11.6 Å². The molecule has 2 nitrogen and oxygen atoms in total. The average molecular weight is 365 g/mol. The Labute approximate surface area is 148 Å². The van der Waals surface area contributed by atoms with Gasteiger partial charge in [-0.2, -0.15) is 18.3 Å². The van der Waals surface area contributed by atoms with E-state index in [1.807, 2.05) is 31.2 Å². The maximum Gasteiger partial charge on any atom is 0.435 e. The van der Waals surface area contributed by atoms with Crippen molar-refractivity contribution in [3.05, 3.63) is 82.1 Å². The predicted octanol–water partition coefficient (Wildman–Crippen LogP) is 5.64. The Kier molecular flexibility index (Phi) is 4.86. The molecule has 0 aliphatic carbocycles. The van der Waals surface area contributed by atoms with Gasteiger partial charge in [0, 0.05) is 5.69 Å². The number of hydrogen-bond donors (Lipinski definition) is 0. The van der Waals surface area contributed by atoms with Gasteiger partial charge in [-0.3, -0.25) is 0 Å². The Bertz CT molecular complexity index is 867. The van der Waals surface area contributed by atoms with Crippen LogP contribution in [0.5, 0.6) is 0 Å². The van der Waals surface area contributed by atoms with Crippen LogP contribution in [0.25, 0.3) is 5.69 Å². The van der Waals surface area contributed by atoms with Crippen LogP contribution in [-0.2, 0) is 19.0 Å². The highest BCUT2D eigenvalue weighted by Crippen LogP contribution is 2.31. The molecule has 0 saturated heterocycles. The second kappa shape index (κ2) is 6.92.